The number of thiophene rings is 1. The minimum Gasteiger partial charge on any atom is -0.485 e. The van der Waals surface area contributed by atoms with Crippen molar-refractivity contribution in [2.75, 3.05) is 6.61 Å². The third-order valence-corrected chi connectivity index (χ3v) is 6.27. The molecule has 5 rings (SSSR count). The normalized spacial score (nSPS) is 15.7. The third kappa shape index (κ3) is 3.64. The van der Waals surface area contributed by atoms with E-state index in [1.54, 1.807) is 0 Å². The number of rotatable bonds is 5. The molecule has 1 aliphatic heterocycles. The molecule has 1 aromatic carbocycles. The van der Waals surface area contributed by atoms with E-state index in [1.165, 1.54) is 23.1 Å². The molecule has 1 atom stereocenters. The molecule has 0 saturated carbocycles. The zero-order valence-corrected chi connectivity index (χ0v) is 17.3. The number of nitrogens with zero attached hydrogens (tertiary/aromatic N) is 4. The summed E-state index contributed by atoms with van der Waals surface area (Å²) in [4.78, 5) is 5.32. The van der Waals surface area contributed by atoms with E-state index < -0.39 is 6.10 Å². The number of benzene rings is 1. The van der Waals surface area contributed by atoms with Gasteiger partial charge in [0.25, 0.3) is 11.1 Å². The van der Waals surface area contributed by atoms with Crippen molar-refractivity contribution in [2.24, 2.45) is 0 Å². The second-order valence-corrected chi connectivity index (χ2v) is 8.45. The Morgan fingerprint density at radius 3 is 2.96 bits per heavy atom. The fraction of sp³-hybridized carbons (Fsp3) is 0.176. The van der Waals surface area contributed by atoms with Crippen molar-refractivity contribution in [3.8, 4) is 22.2 Å². The van der Waals surface area contributed by atoms with Crippen LogP contribution in [0.3, 0.4) is 0 Å². The molecule has 11 heteroatoms. The fourth-order valence-electron chi connectivity index (χ4n) is 2.52. The molecule has 1 aliphatic rings. The molecule has 28 heavy (non-hydrogen) atoms. The lowest BCUT2D eigenvalue weighted by Gasteiger charge is -2.23. The smallest absolute Gasteiger partial charge is 0.277 e. The Hall–Kier alpha value is -2.37. The molecule has 0 spiro atoms. The molecule has 0 saturated heterocycles. The lowest BCUT2D eigenvalue weighted by molar-refractivity contribution is 0.0686. The van der Waals surface area contributed by atoms with Gasteiger partial charge in [0.2, 0.25) is 17.8 Å². The van der Waals surface area contributed by atoms with E-state index >= 15 is 0 Å². The van der Waals surface area contributed by atoms with Gasteiger partial charge in [0.1, 0.15) is 6.61 Å². The molecule has 8 nitrogen and oxygen atoms in total. The van der Waals surface area contributed by atoms with E-state index in [1.807, 2.05) is 35.7 Å². The molecule has 4 aromatic rings. The van der Waals surface area contributed by atoms with Crippen molar-refractivity contribution in [1.82, 2.24) is 20.3 Å². The minimum absolute atomic E-state index is 0.312. The summed E-state index contributed by atoms with van der Waals surface area (Å²) in [6.07, 6.45) is -0.441. The van der Waals surface area contributed by atoms with E-state index in [4.69, 9.17) is 18.4 Å². The van der Waals surface area contributed by atoms with Gasteiger partial charge in [0, 0.05) is 9.85 Å². The Labute approximate surface area is 175 Å². The van der Waals surface area contributed by atoms with Crippen LogP contribution in [0.4, 0.5) is 0 Å². The highest BCUT2D eigenvalue weighted by Gasteiger charge is 2.27. The van der Waals surface area contributed by atoms with Crippen LogP contribution >= 0.6 is 39.0 Å². The second-order valence-electron chi connectivity index (χ2n) is 5.70. The van der Waals surface area contributed by atoms with Crippen LogP contribution in [0, 0.1) is 0 Å². The highest BCUT2D eigenvalue weighted by atomic mass is 79.9. The van der Waals surface area contributed by atoms with E-state index in [9.17, 15) is 0 Å². The Balaban J connectivity index is 1.22. The molecule has 0 N–H and O–H groups in total. The van der Waals surface area contributed by atoms with Gasteiger partial charge in [0.05, 0.1) is 10.6 Å². The molecule has 0 aliphatic carbocycles. The van der Waals surface area contributed by atoms with Crippen LogP contribution in [0.1, 0.15) is 17.9 Å². The molecule has 0 bridgehead atoms. The number of para-hydroxylation sites is 2. The zero-order valence-electron chi connectivity index (χ0n) is 14.1. The molecule has 3 aromatic heterocycles. The molecule has 0 fully saturated rings. The lowest BCUT2D eigenvalue weighted by Crippen LogP contribution is -2.21. The molecule has 0 amide bonds. The molecule has 4 heterocycles. The van der Waals surface area contributed by atoms with Gasteiger partial charge in [-0.3, -0.25) is 0 Å². The maximum atomic E-state index is 5.87. The van der Waals surface area contributed by atoms with Crippen LogP contribution in [-0.4, -0.2) is 26.9 Å². The van der Waals surface area contributed by atoms with E-state index in [0.717, 1.165) is 9.35 Å². The van der Waals surface area contributed by atoms with Gasteiger partial charge in [-0.15, -0.1) is 21.5 Å². The Bertz CT molecular complexity index is 1110. The van der Waals surface area contributed by atoms with Crippen molar-refractivity contribution < 1.29 is 18.4 Å². The van der Waals surface area contributed by atoms with Crippen LogP contribution < -0.4 is 9.47 Å². The van der Waals surface area contributed by atoms with Crippen LogP contribution in [0.5, 0.6) is 11.5 Å². The van der Waals surface area contributed by atoms with Gasteiger partial charge >= 0.3 is 0 Å². The summed E-state index contributed by atoms with van der Waals surface area (Å²) < 4.78 is 23.5. The van der Waals surface area contributed by atoms with E-state index in [2.05, 4.69) is 36.3 Å². The fourth-order valence-corrected chi connectivity index (χ4v) is 4.48. The number of hydrogen-bond donors (Lipinski definition) is 0. The average molecular weight is 479 g/mol. The number of halogens is 1. The monoisotopic (exact) mass is 478 g/mol. The van der Waals surface area contributed by atoms with Crippen molar-refractivity contribution in [1.29, 1.82) is 0 Å². The van der Waals surface area contributed by atoms with Gasteiger partial charge in [-0.05, 0) is 34.1 Å². The zero-order chi connectivity index (χ0) is 18.9. The van der Waals surface area contributed by atoms with E-state index in [-0.39, 0.29) is 0 Å². The van der Waals surface area contributed by atoms with Gasteiger partial charge in [-0.2, -0.15) is 4.98 Å². The van der Waals surface area contributed by atoms with Crippen molar-refractivity contribution in [2.45, 2.75) is 17.1 Å². The molecular formula is C17H11BrN4O4S2. The predicted molar refractivity (Wildman–Crippen MR) is 104 cm³/mol. The molecule has 0 radical (unpaired) electrons. The van der Waals surface area contributed by atoms with Crippen LogP contribution in [0.2, 0.25) is 0 Å². The summed E-state index contributed by atoms with van der Waals surface area (Å²) in [7, 11) is 0. The van der Waals surface area contributed by atoms with Crippen molar-refractivity contribution >= 4 is 39.0 Å². The predicted octanol–water partition coefficient (Wildman–Crippen LogP) is 4.75. The standard InChI is InChI=1S/C17H11BrN4O4S2/c18-9-5-13(27-7-9)15-19-14(26-22-15)8-28-17-21-20-16(25-17)12-6-23-10-3-1-2-4-11(10)24-12/h1-5,7,12H,6,8H2. The number of ether oxygens (including phenoxy) is 2. The summed E-state index contributed by atoms with van der Waals surface area (Å²) in [5, 5.41) is 14.5. The first kappa shape index (κ1) is 17.7. The van der Waals surface area contributed by atoms with Crippen LogP contribution in [-0.2, 0) is 5.75 Å². The van der Waals surface area contributed by atoms with Crippen molar-refractivity contribution in [3.63, 3.8) is 0 Å². The molecule has 1 unspecified atom stereocenters. The summed E-state index contributed by atoms with van der Waals surface area (Å²) in [5.74, 6) is 3.19. The van der Waals surface area contributed by atoms with Gasteiger partial charge < -0.3 is 18.4 Å². The highest BCUT2D eigenvalue weighted by Crippen LogP contribution is 2.36. The third-order valence-electron chi connectivity index (χ3n) is 3.78. The summed E-state index contributed by atoms with van der Waals surface area (Å²) >= 11 is 6.27. The van der Waals surface area contributed by atoms with Crippen LogP contribution in [0.25, 0.3) is 10.7 Å². The number of thioether (sulfide) groups is 1. The Morgan fingerprint density at radius 1 is 1.21 bits per heavy atom. The summed E-state index contributed by atoms with van der Waals surface area (Å²) in [6, 6.07) is 9.42. The number of aromatic nitrogens is 4. The maximum absolute atomic E-state index is 5.87. The lowest BCUT2D eigenvalue weighted by atomic mass is 10.2. The van der Waals surface area contributed by atoms with Crippen molar-refractivity contribution in [3.05, 3.63) is 52.0 Å². The first-order valence-electron chi connectivity index (χ1n) is 8.16. The SMILES string of the molecule is Brc1csc(-c2noc(CSc3nnc(C4COc5ccccc5O4)o3)n2)c1. The Morgan fingerprint density at radius 2 is 2.11 bits per heavy atom. The second kappa shape index (κ2) is 7.57. The number of hydrogen-bond acceptors (Lipinski definition) is 10. The quantitative estimate of drug-likeness (QED) is 0.376. The summed E-state index contributed by atoms with van der Waals surface area (Å²) in [5.41, 5.74) is 0. The van der Waals surface area contributed by atoms with Gasteiger partial charge in [-0.1, -0.05) is 29.1 Å². The average Bonchev–Trinajstić information content (AvgIpc) is 3.46. The maximum Gasteiger partial charge on any atom is 0.277 e. The first-order chi connectivity index (χ1) is 13.7. The number of fused-ring (bicyclic) bond motifs is 1. The summed E-state index contributed by atoms with van der Waals surface area (Å²) in [6.45, 7) is 0.312. The minimum atomic E-state index is -0.441. The first-order valence-corrected chi connectivity index (χ1v) is 10.8. The molecule has 142 valence electrons. The topological polar surface area (TPSA) is 96.3 Å². The Kier molecular flexibility index (Phi) is 4.79. The molecular weight excluding hydrogens is 468 g/mol. The van der Waals surface area contributed by atoms with Gasteiger partial charge in [0.15, 0.2) is 11.5 Å². The largest absolute Gasteiger partial charge is 0.485 e. The highest BCUT2D eigenvalue weighted by molar-refractivity contribution is 9.10. The van der Waals surface area contributed by atoms with Crippen LogP contribution in [0.15, 0.2) is 54.3 Å². The van der Waals surface area contributed by atoms with Gasteiger partial charge in [-0.25, -0.2) is 0 Å². The van der Waals surface area contributed by atoms with E-state index in [0.29, 0.717) is 46.7 Å².